The quantitative estimate of drug-likeness (QED) is 0.423. The average Bonchev–Trinajstić information content (AvgIpc) is 3.39. The number of anilines is 1. The lowest BCUT2D eigenvalue weighted by molar-refractivity contribution is -0.140. The van der Waals surface area contributed by atoms with E-state index in [0.29, 0.717) is 27.7 Å². The zero-order valence-electron chi connectivity index (χ0n) is 19.1. The van der Waals surface area contributed by atoms with Gasteiger partial charge in [-0.2, -0.15) is 18.2 Å². The van der Waals surface area contributed by atoms with Crippen LogP contribution in [0.4, 0.5) is 27.9 Å². The van der Waals surface area contributed by atoms with Gasteiger partial charge in [0.1, 0.15) is 23.9 Å². The second-order valence-corrected chi connectivity index (χ2v) is 8.69. The van der Waals surface area contributed by atoms with Crippen molar-refractivity contribution in [1.29, 1.82) is 0 Å². The maximum atomic E-state index is 14.3. The summed E-state index contributed by atoms with van der Waals surface area (Å²) in [6.45, 7) is 0.122. The molecule has 4 heterocycles. The molecule has 186 valence electrons. The van der Waals surface area contributed by atoms with Gasteiger partial charge in [-0.3, -0.25) is 4.90 Å². The highest BCUT2D eigenvalue weighted by molar-refractivity contribution is 5.89. The molecule has 5 rings (SSSR count). The van der Waals surface area contributed by atoms with E-state index in [2.05, 4.69) is 20.4 Å². The number of rotatable bonds is 5. The number of imidazole rings is 1. The molecule has 1 atom stereocenters. The Morgan fingerprint density at radius 1 is 1.20 bits per heavy atom. The van der Waals surface area contributed by atoms with Gasteiger partial charge in [0.25, 0.3) is 5.92 Å². The van der Waals surface area contributed by atoms with Crippen molar-refractivity contribution in [3.8, 4) is 17.0 Å². The predicted octanol–water partition coefficient (Wildman–Crippen LogP) is 3.99. The fraction of sp³-hybridized carbons (Fsp3) is 0.409. The Labute approximate surface area is 196 Å². The molecule has 8 nitrogen and oxygen atoms in total. The molecule has 1 saturated heterocycles. The number of benzene rings is 1. The van der Waals surface area contributed by atoms with Crippen LogP contribution in [0.2, 0.25) is 0 Å². The third-order valence-electron chi connectivity index (χ3n) is 6.05. The lowest BCUT2D eigenvalue weighted by Gasteiger charge is -2.19. The first kappa shape index (κ1) is 23.3. The molecule has 0 aliphatic carbocycles. The van der Waals surface area contributed by atoms with Gasteiger partial charge in [-0.05, 0) is 37.7 Å². The normalized spacial score (nSPS) is 18.6. The second-order valence-electron chi connectivity index (χ2n) is 8.69. The van der Waals surface area contributed by atoms with Crippen molar-refractivity contribution in [2.24, 2.45) is 0 Å². The van der Waals surface area contributed by atoms with Crippen LogP contribution in [0.25, 0.3) is 27.7 Å². The fourth-order valence-electron chi connectivity index (χ4n) is 4.50. The van der Waals surface area contributed by atoms with Gasteiger partial charge in [-0.15, -0.1) is 5.10 Å². The summed E-state index contributed by atoms with van der Waals surface area (Å²) < 4.78 is 75.9. The molecule has 3 aromatic heterocycles. The maximum absolute atomic E-state index is 14.3. The van der Waals surface area contributed by atoms with Gasteiger partial charge in [0, 0.05) is 18.3 Å². The summed E-state index contributed by atoms with van der Waals surface area (Å²) in [5.74, 6) is -2.58. The highest BCUT2D eigenvalue weighted by atomic mass is 19.4. The molecule has 1 N–H and O–H groups in total. The first-order valence-corrected chi connectivity index (χ1v) is 10.8. The van der Waals surface area contributed by atoms with Gasteiger partial charge in [0.2, 0.25) is 11.8 Å². The Balaban J connectivity index is 1.56. The van der Waals surface area contributed by atoms with E-state index in [1.165, 1.54) is 23.4 Å². The minimum atomic E-state index is -4.40. The van der Waals surface area contributed by atoms with E-state index in [-0.39, 0.29) is 30.7 Å². The van der Waals surface area contributed by atoms with Crippen LogP contribution in [0, 0.1) is 6.92 Å². The van der Waals surface area contributed by atoms with Crippen molar-refractivity contribution in [3.05, 3.63) is 36.3 Å². The first-order valence-electron chi connectivity index (χ1n) is 10.8. The second kappa shape index (κ2) is 8.04. The average molecular weight is 495 g/mol. The number of ether oxygens (including phenoxy) is 1. The molecule has 1 fully saturated rings. The molecule has 0 amide bonds. The largest absolute Gasteiger partial charge is 0.479 e. The molecule has 1 aliphatic heterocycles. The zero-order chi connectivity index (χ0) is 25.1. The van der Waals surface area contributed by atoms with Crippen LogP contribution in [-0.2, 0) is 6.54 Å². The number of fused-ring (bicyclic) bond motifs is 2. The molecular formula is C22H22F5N7O. The van der Waals surface area contributed by atoms with Gasteiger partial charge in [-0.1, -0.05) is 6.07 Å². The van der Waals surface area contributed by atoms with Crippen molar-refractivity contribution in [3.63, 3.8) is 0 Å². The molecule has 0 radical (unpaired) electrons. The number of aromatic nitrogens is 5. The Morgan fingerprint density at radius 2 is 1.97 bits per heavy atom. The van der Waals surface area contributed by atoms with E-state index in [4.69, 9.17) is 4.74 Å². The summed E-state index contributed by atoms with van der Waals surface area (Å²) in [7, 11) is 3.00. The summed E-state index contributed by atoms with van der Waals surface area (Å²) in [5, 5.41) is 7.01. The van der Waals surface area contributed by atoms with Crippen LogP contribution in [0.5, 0.6) is 5.88 Å². The molecular weight excluding hydrogens is 473 g/mol. The molecule has 0 bridgehead atoms. The van der Waals surface area contributed by atoms with E-state index in [9.17, 15) is 22.0 Å². The van der Waals surface area contributed by atoms with Crippen LogP contribution in [-0.4, -0.2) is 74.4 Å². The lowest BCUT2D eigenvalue weighted by Crippen LogP contribution is -2.38. The lowest BCUT2D eigenvalue weighted by atomic mass is 10.1. The van der Waals surface area contributed by atoms with E-state index in [1.807, 2.05) is 0 Å². The molecule has 1 aliphatic rings. The van der Waals surface area contributed by atoms with Crippen LogP contribution in [0.3, 0.4) is 0 Å². The summed E-state index contributed by atoms with van der Waals surface area (Å²) in [4.78, 5) is 10.0. The minimum Gasteiger partial charge on any atom is -0.479 e. The van der Waals surface area contributed by atoms with Crippen LogP contribution in [0.15, 0.2) is 30.5 Å². The number of likely N-dealkylation sites (N-methyl/N-ethyl adjacent to an activating group) is 1. The van der Waals surface area contributed by atoms with Gasteiger partial charge < -0.3 is 14.6 Å². The summed E-state index contributed by atoms with van der Waals surface area (Å²) in [6, 6.07) is 5.56. The summed E-state index contributed by atoms with van der Waals surface area (Å²) >= 11 is 0. The Morgan fingerprint density at radius 3 is 2.63 bits per heavy atom. The van der Waals surface area contributed by atoms with E-state index < -0.39 is 24.7 Å². The molecule has 35 heavy (non-hydrogen) atoms. The van der Waals surface area contributed by atoms with E-state index >= 15 is 0 Å². The highest BCUT2D eigenvalue weighted by Gasteiger charge is 2.47. The number of methoxy groups -OCH3 is 1. The molecule has 1 unspecified atom stereocenters. The van der Waals surface area contributed by atoms with Crippen molar-refractivity contribution in [2.75, 3.05) is 32.6 Å². The zero-order valence-corrected chi connectivity index (χ0v) is 19.1. The van der Waals surface area contributed by atoms with Gasteiger partial charge >= 0.3 is 6.18 Å². The Hall–Kier alpha value is -3.48. The van der Waals surface area contributed by atoms with Crippen molar-refractivity contribution >= 4 is 22.5 Å². The fourth-order valence-corrected chi connectivity index (χ4v) is 4.50. The topological polar surface area (TPSA) is 72.5 Å². The predicted molar refractivity (Wildman–Crippen MR) is 119 cm³/mol. The highest BCUT2D eigenvalue weighted by Crippen LogP contribution is 2.35. The van der Waals surface area contributed by atoms with Crippen molar-refractivity contribution in [1.82, 2.24) is 29.0 Å². The number of alkyl halides is 5. The van der Waals surface area contributed by atoms with Gasteiger partial charge in [0.05, 0.1) is 24.7 Å². The summed E-state index contributed by atoms with van der Waals surface area (Å²) in [6.07, 6.45) is -2.79. The number of likely N-dealkylation sites (tertiary alicyclic amines) is 1. The first-order chi connectivity index (χ1) is 16.4. The Kier molecular flexibility index (Phi) is 5.34. The van der Waals surface area contributed by atoms with E-state index in [0.717, 1.165) is 4.57 Å². The van der Waals surface area contributed by atoms with Gasteiger partial charge in [0.15, 0.2) is 0 Å². The third-order valence-corrected chi connectivity index (χ3v) is 6.05. The van der Waals surface area contributed by atoms with Crippen LogP contribution >= 0.6 is 0 Å². The maximum Gasteiger partial charge on any atom is 0.406 e. The smallest absolute Gasteiger partial charge is 0.406 e. The Bertz CT molecular complexity index is 1410. The van der Waals surface area contributed by atoms with Crippen LogP contribution < -0.4 is 10.1 Å². The monoisotopic (exact) mass is 495 g/mol. The molecule has 1 aromatic carbocycles. The minimum absolute atomic E-state index is 0.0224. The molecule has 0 saturated carbocycles. The molecule has 4 aromatic rings. The SMILES string of the molecule is COc1nc(NC2CN(C)CC2(F)F)nn2ccc(-c3ccc4nc(C)n(CC(F)(F)F)c4c3)c12. The number of halogens is 5. The number of nitrogens with zero attached hydrogens (tertiary/aromatic N) is 6. The van der Waals surface area contributed by atoms with E-state index in [1.54, 1.807) is 37.5 Å². The van der Waals surface area contributed by atoms with Crippen molar-refractivity contribution < 1.29 is 26.7 Å². The number of hydrogen-bond acceptors (Lipinski definition) is 6. The molecule has 0 spiro atoms. The van der Waals surface area contributed by atoms with Gasteiger partial charge in [-0.25, -0.2) is 18.3 Å². The number of nitrogens with one attached hydrogen (secondary N) is 1. The van der Waals surface area contributed by atoms with Crippen molar-refractivity contribution in [2.45, 2.75) is 31.6 Å². The number of aryl methyl sites for hydroxylation is 1. The van der Waals surface area contributed by atoms with Crippen LogP contribution in [0.1, 0.15) is 5.82 Å². The summed E-state index contributed by atoms with van der Waals surface area (Å²) in [5.41, 5.74) is 2.44. The molecule has 13 heteroatoms. The third kappa shape index (κ3) is 4.24. The number of hydrogen-bond donors (Lipinski definition) is 1. The standard InChI is InChI=1S/C22H22F5N7O/c1-12-28-15-5-4-13(8-16(15)33(12)11-22(25,26)27)14-6-7-34-18(14)19(35-3)30-20(31-34)29-17-9-32(2)10-21(17,23)24/h4-8,17H,9-11H2,1-3H3,(H,29,31).